The molecule has 3 nitrogen and oxygen atoms in total. The number of alkyl halides is 2. The molecule has 0 bridgehead atoms. The number of hydrogen-bond acceptors (Lipinski definition) is 3. The van der Waals surface area contributed by atoms with Crippen molar-refractivity contribution in [1.29, 1.82) is 0 Å². The van der Waals surface area contributed by atoms with E-state index in [2.05, 4.69) is 10.6 Å². The van der Waals surface area contributed by atoms with E-state index in [1.807, 2.05) is 0 Å². The Kier molecular flexibility index (Phi) is 5.86. The molecule has 0 saturated heterocycles. The van der Waals surface area contributed by atoms with Crippen LogP contribution in [0.25, 0.3) is 0 Å². The molecule has 0 aliphatic carbocycles. The van der Waals surface area contributed by atoms with Crippen molar-refractivity contribution in [2.24, 2.45) is 0 Å². The van der Waals surface area contributed by atoms with Crippen LogP contribution in [0.15, 0.2) is 47.4 Å². The SMILES string of the molecule is O=C(CNc1cc(F)ccc1F)Nc1ccccc1SC(F)F. The number of benzene rings is 2. The van der Waals surface area contributed by atoms with E-state index in [1.54, 1.807) is 12.1 Å². The number of carbonyl (C=O) groups is 1. The number of amides is 1. The van der Waals surface area contributed by atoms with Crippen LogP contribution >= 0.6 is 11.8 Å². The number of hydrogen-bond donors (Lipinski definition) is 2. The molecule has 0 aromatic heterocycles. The number of thioether (sulfide) groups is 1. The molecule has 2 aromatic carbocycles. The van der Waals surface area contributed by atoms with Crippen molar-refractivity contribution in [3.63, 3.8) is 0 Å². The third kappa shape index (κ3) is 5.17. The molecule has 1 amide bonds. The van der Waals surface area contributed by atoms with Crippen molar-refractivity contribution >= 4 is 29.0 Å². The molecule has 122 valence electrons. The summed E-state index contributed by atoms with van der Waals surface area (Å²) in [5.74, 6) is -4.54. The van der Waals surface area contributed by atoms with Crippen molar-refractivity contribution < 1.29 is 22.4 Å². The van der Waals surface area contributed by atoms with Crippen LogP contribution in [-0.2, 0) is 4.79 Å². The minimum absolute atomic E-state index is 0.157. The number of halogens is 4. The highest BCUT2D eigenvalue weighted by molar-refractivity contribution is 7.99. The Balaban J connectivity index is 1.99. The Hall–Kier alpha value is -2.22. The average molecular weight is 344 g/mol. The van der Waals surface area contributed by atoms with Gasteiger partial charge in [0.15, 0.2) is 0 Å². The van der Waals surface area contributed by atoms with Gasteiger partial charge in [-0.25, -0.2) is 8.78 Å². The van der Waals surface area contributed by atoms with Gasteiger partial charge in [-0.15, -0.1) is 0 Å². The minimum Gasteiger partial charge on any atom is -0.374 e. The summed E-state index contributed by atoms with van der Waals surface area (Å²) in [5.41, 5.74) is 0.0692. The Morgan fingerprint density at radius 2 is 1.83 bits per heavy atom. The maximum absolute atomic E-state index is 13.4. The first-order valence-electron chi connectivity index (χ1n) is 6.48. The normalized spacial score (nSPS) is 10.7. The highest BCUT2D eigenvalue weighted by atomic mass is 32.2. The monoisotopic (exact) mass is 344 g/mol. The van der Waals surface area contributed by atoms with Crippen LogP contribution in [-0.4, -0.2) is 18.2 Å². The van der Waals surface area contributed by atoms with E-state index in [0.29, 0.717) is 11.8 Å². The second-order valence-electron chi connectivity index (χ2n) is 4.40. The van der Waals surface area contributed by atoms with E-state index >= 15 is 0 Å². The second kappa shape index (κ2) is 7.87. The first kappa shape index (κ1) is 17.1. The fourth-order valence-electron chi connectivity index (χ4n) is 1.77. The fourth-order valence-corrected chi connectivity index (χ4v) is 2.37. The zero-order valence-electron chi connectivity index (χ0n) is 11.7. The van der Waals surface area contributed by atoms with Crippen LogP contribution in [0.2, 0.25) is 0 Å². The Bertz CT molecular complexity index is 697. The number of nitrogens with one attached hydrogen (secondary N) is 2. The fraction of sp³-hybridized carbons (Fsp3) is 0.133. The molecule has 23 heavy (non-hydrogen) atoms. The molecule has 0 saturated carbocycles. The summed E-state index contributed by atoms with van der Waals surface area (Å²) in [7, 11) is 0. The summed E-state index contributed by atoms with van der Waals surface area (Å²) in [6.07, 6.45) is 0. The zero-order valence-corrected chi connectivity index (χ0v) is 12.5. The second-order valence-corrected chi connectivity index (χ2v) is 5.43. The van der Waals surface area contributed by atoms with E-state index in [-0.39, 0.29) is 22.8 Å². The van der Waals surface area contributed by atoms with Gasteiger partial charge in [0.1, 0.15) is 11.6 Å². The predicted molar refractivity (Wildman–Crippen MR) is 81.8 cm³/mol. The predicted octanol–water partition coefficient (Wildman–Crippen LogP) is 4.33. The third-order valence-electron chi connectivity index (χ3n) is 2.75. The first-order chi connectivity index (χ1) is 11.0. The molecular weight excluding hydrogens is 332 g/mol. The van der Waals surface area contributed by atoms with Crippen LogP contribution in [0.5, 0.6) is 0 Å². The number of carbonyl (C=O) groups excluding carboxylic acids is 1. The molecule has 0 radical (unpaired) electrons. The quantitative estimate of drug-likeness (QED) is 0.605. The van der Waals surface area contributed by atoms with E-state index < -0.39 is 23.3 Å². The maximum atomic E-state index is 13.4. The molecule has 0 heterocycles. The Morgan fingerprint density at radius 3 is 2.57 bits per heavy atom. The van der Waals surface area contributed by atoms with Gasteiger partial charge in [0, 0.05) is 4.90 Å². The third-order valence-corrected chi connectivity index (χ3v) is 3.53. The summed E-state index contributed by atoms with van der Waals surface area (Å²) < 4.78 is 51.3. The van der Waals surface area contributed by atoms with Crippen LogP contribution in [0.4, 0.5) is 28.9 Å². The summed E-state index contributed by atoms with van der Waals surface area (Å²) in [6, 6.07) is 8.90. The highest BCUT2D eigenvalue weighted by Crippen LogP contribution is 2.31. The Morgan fingerprint density at radius 1 is 1.09 bits per heavy atom. The number of anilines is 2. The van der Waals surface area contributed by atoms with Crippen LogP contribution < -0.4 is 10.6 Å². The molecule has 8 heteroatoms. The van der Waals surface area contributed by atoms with Gasteiger partial charge in [-0.3, -0.25) is 4.79 Å². The van der Waals surface area contributed by atoms with Gasteiger partial charge in [-0.1, -0.05) is 23.9 Å². The largest absolute Gasteiger partial charge is 0.374 e. The van der Waals surface area contributed by atoms with Gasteiger partial charge in [-0.2, -0.15) is 8.78 Å². The molecular formula is C15H12F4N2OS. The standard InChI is InChI=1S/C15H12F4N2OS/c16-9-5-6-10(17)12(7-9)20-8-14(22)21-11-3-1-2-4-13(11)23-15(18)19/h1-7,15,20H,8H2,(H,21,22). The lowest BCUT2D eigenvalue weighted by atomic mass is 10.3. The topological polar surface area (TPSA) is 41.1 Å². The van der Waals surface area contributed by atoms with E-state index in [0.717, 1.165) is 18.2 Å². The molecule has 0 unspecified atom stereocenters. The molecule has 0 aliphatic rings. The van der Waals surface area contributed by atoms with Crippen LogP contribution in [0, 0.1) is 11.6 Å². The van der Waals surface area contributed by atoms with Crippen molar-refractivity contribution in [2.45, 2.75) is 10.7 Å². The summed E-state index contributed by atoms with van der Waals surface area (Å²) in [5, 5.41) is 4.90. The average Bonchev–Trinajstić information content (AvgIpc) is 2.50. The van der Waals surface area contributed by atoms with E-state index in [9.17, 15) is 22.4 Å². The van der Waals surface area contributed by atoms with Gasteiger partial charge in [-0.05, 0) is 30.3 Å². The molecule has 0 fully saturated rings. The molecule has 0 atom stereocenters. The maximum Gasteiger partial charge on any atom is 0.288 e. The van der Waals surface area contributed by atoms with Gasteiger partial charge in [0.2, 0.25) is 5.91 Å². The lowest BCUT2D eigenvalue weighted by molar-refractivity contribution is -0.114. The molecule has 2 rings (SSSR count). The molecule has 0 spiro atoms. The van der Waals surface area contributed by atoms with Crippen molar-refractivity contribution in [2.75, 3.05) is 17.2 Å². The van der Waals surface area contributed by atoms with E-state index in [4.69, 9.17) is 0 Å². The first-order valence-corrected chi connectivity index (χ1v) is 7.36. The summed E-state index contributed by atoms with van der Waals surface area (Å²) in [4.78, 5) is 12.0. The summed E-state index contributed by atoms with van der Waals surface area (Å²) in [6.45, 7) is -0.339. The van der Waals surface area contributed by atoms with Crippen molar-refractivity contribution in [1.82, 2.24) is 0 Å². The van der Waals surface area contributed by atoms with Crippen molar-refractivity contribution in [3.05, 3.63) is 54.1 Å². The Labute approximate surface area is 134 Å². The van der Waals surface area contributed by atoms with Gasteiger partial charge in [0.05, 0.1) is 17.9 Å². The number of para-hydroxylation sites is 1. The minimum atomic E-state index is -2.62. The van der Waals surface area contributed by atoms with Gasteiger partial charge < -0.3 is 10.6 Å². The highest BCUT2D eigenvalue weighted by Gasteiger charge is 2.12. The van der Waals surface area contributed by atoms with Crippen LogP contribution in [0.1, 0.15) is 0 Å². The molecule has 2 N–H and O–H groups in total. The summed E-state index contributed by atoms with van der Waals surface area (Å²) >= 11 is 0.308. The number of rotatable bonds is 6. The smallest absolute Gasteiger partial charge is 0.288 e. The van der Waals surface area contributed by atoms with Gasteiger partial charge in [0.25, 0.3) is 5.76 Å². The lowest BCUT2D eigenvalue weighted by Gasteiger charge is -2.11. The molecule has 0 aliphatic heterocycles. The zero-order chi connectivity index (χ0) is 16.8. The lowest BCUT2D eigenvalue weighted by Crippen LogP contribution is -2.22. The van der Waals surface area contributed by atoms with E-state index in [1.165, 1.54) is 12.1 Å². The molecule has 2 aromatic rings. The van der Waals surface area contributed by atoms with Crippen LogP contribution in [0.3, 0.4) is 0 Å². The van der Waals surface area contributed by atoms with Gasteiger partial charge >= 0.3 is 0 Å². The van der Waals surface area contributed by atoms with Crippen molar-refractivity contribution in [3.8, 4) is 0 Å².